The first kappa shape index (κ1) is 74.5. The predicted octanol–water partition coefficient (Wildman–Crippen LogP) is 19.4. The van der Waals surface area contributed by atoms with Gasteiger partial charge in [-0.2, -0.15) is 0 Å². The normalized spacial score (nSPS) is 14.1. The zero-order valence-corrected chi connectivity index (χ0v) is 52.0. The third kappa shape index (κ3) is 57.9. The van der Waals surface area contributed by atoms with Crippen LogP contribution in [0.5, 0.6) is 0 Å². The van der Waals surface area contributed by atoms with Gasteiger partial charge < -0.3 is 28.5 Å². The molecule has 9 nitrogen and oxygen atoms in total. The van der Waals surface area contributed by atoms with Crippen LogP contribution in [-0.4, -0.2) is 69.4 Å². The number of hydrogen-bond acceptors (Lipinski definition) is 7. The Morgan fingerprint density at radius 3 is 1.27 bits per heavy atom. The van der Waals surface area contributed by atoms with Crippen molar-refractivity contribution in [2.75, 3.05) is 40.9 Å². The van der Waals surface area contributed by atoms with Gasteiger partial charge in [-0.1, -0.05) is 255 Å². The molecule has 1 amide bonds. The third-order valence-corrected chi connectivity index (χ3v) is 15.1. The summed E-state index contributed by atoms with van der Waals surface area (Å²) in [5, 5.41) is 3.02. The molecule has 10 heteroatoms. The lowest BCUT2D eigenvalue weighted by atomic mass is 10.0. The number of quaternary nitrogens is 1. The molecule has 0 aromatic heterocycles. The topological polar surface area (TPSA) is 114 Å². The highest BCUT2D eigenvalue weighted by Gasteiger charge is 2.27. The molecule has 0 saturated heterocycles. The van der Waals surface area contributed by atoms with E-state index in [-0.39, 0.29) is 24.9 Å². The average molecular weight is 1100 g/mol. The number of hydrogen-bond donors (Lipinski definition) is 1. The van der Waals surface area contributed by atoms with Gasteiger partial charge in [0.1, 0.15) is 19.3 Å². The van der Waals surface area contributed by atoms with Crippen LogP contribution in [0.4, 0.5) is 0 Å². The number of nitrogens with one attached hydrogen (secondary N) is 1. The van der Waals surface area contributed by atoms with E-state index in [1.165, 1.54) is 161 Å². The molecule has 0 bridgehead atoms. The molecule has 77 heavy (non-hydrogen) atoms. The van der Waals surface area contributed by atoms with Crippen molar-refractivity contribution in [1.82, 2.24) is 5.32 Å². The lowest BCUT2D eigenvalue weighted by molar-refractivity contribution is -0.870. The zero-order valence-electron chi connectivity index (χ0n) is 51.2. The van der Waals surface area contributed by atoms with E-state index in [1.807, 2.05) is 33.3 Å². The molecule has 0 spiro atoms. The maximum absolute atomic E-state index is 13.5. The Hall–Kier alpha value is -2.55. The number of amides is 1. The maximum Gasteiger partial charge on any atom is 0.306 e. The van der Waals surface area contributed by atoms with E-state index < -0.39 is 26.6 Å². The largest absolute Gasteiger partial charge is 0.756 e. The summed E-state index contributed by atoms with van der Waals surface area (Å²) in [6.07, 6.45) is 73.0. The van der Waals surface area contributed by atoms with Gasteiger partial charge >= 0.3 is 5.97 Å². The molecule has 0 saturated carbocycles. The third-order valence-electron chi connectivity index (χ3n) is 14.1. The van der Waals surface area contributed by atoms with E-state index in [0.717, 1.165) is 96.3 Å². The van der Waals surface area contributed by atoms with Crippen LogP contribution < -0.4 is 10.2 Å². The molecule has 0 fully saturated rings. The quantitative estimate of drug-likeness (QED) is 0.0212. The standard InChI is InChI=1S/C67H123N2O7P/c1-7-10-13-16-19-22-25-28-30-31-32-33-34-35-36-37-38-39-40-42-45-48-51-54-57-60-67(71)76-65(58-55-52-49-46-43-27-24-21-18-15-12-9-3)64(63-75-77(72,73)74-62-61-69(4,5)6)68-66(70)59-56-53-50-47-44-41-29-26-23-20-17-14-11-8-2/h11,14,19-20,22-23,28,30,32-33,55,58,64-65H,7-10,12-13,15-18,21,24-27,29,31,34-54,56-57,59-63H2,1-6H3,(H-,68,70,72,73)/b14-11+,22-19-,23-20+,30-28-,33-32-,58-55-. The number of esters is 1. The number of phosphoric acid groups is 1. The number of carbonyl (C=O) groups excluding carboxylic acids is 2. The molecule has 0 rings (SSSR count). The van der Waals surface area contributed by atoms with Gasteiger partial charge in [0, 0.05) is 12.8 Å². The number of allylic oxidation sites excluding steroid dienone is 11. The van der Waals surface area contributed by atoms with Crippen LogP contribution in [0.15, 0.2) is 72.9 Å². The SMILES string of the molecule is CC/C=C/C/C=C/CCCCCCCCCC(=O)NC(COP(=O)([O-])OCC[N+](C)(C)C)C(/C=C\CCCCCCCCCCCC)OC(=O)CCCCCCCCCCCCCC/C=C\C/C=C\C/C=C\CCCCC. The molecule has 0 aliphatic rings. The van der Waals surface area contributed by atoms with Gasteiger partial charge in [0.25, 0.3) is 7.82 Å². The Kier molecular flexibility index (Phi) is 54.8. The summed E-state index contributed by atoms with van der Waals surface area (Å²) in [4.78, 5) is 40.0. The lowest BCUT2D eigenvalue weighted by Gasteiger charge is -2.30. The van der Waals surface area contributed by atoms with Gasteiger partial charge in [0.2, 0.25) is 5.91 Å². The molecule has 0 radical (unpaired) electrons. The highest BCUT2D eigenvalue weighted by molar-refractivity contribution is 7.45. The first-order chi connectivity index (χ1) is 37.4. The van der Waals surface area contributed by atoms with Crippen molar-refractivity contribution < 1.29 is 37.3 Å². The highest BCUT2D eigenvalue weighted by Crippen LogP contribution is 2.38. The highest BCUT2D eigenvalue weighted by atomic mass is 31.2. The van der Waals surface area contributed by atoms with E-state index in [4.69, 9.17) is 13.8 Å². The Balaban J connectivity index is 5.11. The van der Waals surface area contributed by atoms with E-state index in [0.29, 0.717) is 17.4 Å². The van der Waals surface area contributed by atoms with E-state index in [2.05, 4.69) is 86.8 Å². The van der Waals surface area contributed by atoms with Crippen molar-refractivity contribution >= 4 is 19.7 Å². The van der Waals surface area contributed by atoms with Crippen molar-refractivity contribution in [3.05, 3.63) is 72.9 Å². The smallest absolute Gasteiger partial charge is 0.306 e. The van der Waals surface area contributed by atoms with Crippen LogP contribution in [-0.2, 0) is 27.9 Å². The molecular weight excluding hydrogens is 976 g/mol. The average Bonchev–Trinajstić information content (AvgIpc) is 3.39. The molecule has 448 valence electrons. The van der Waals surface area contributed by atoms with Crippen LogP contribution in [0.25, 0.3) is 0 Å². The summed E-state index contributed by atoms with van der Waals surface area (Å²) >= 11 is 0. The number of carbonyl (C=O) groups is 2. The fraction of sp³-hybridized carbons (Fsp3) is 0.791. The van der Waals surface area contributed by atoms with Crippen LogP contribution in [0, 0.1) is 0 Å². The van der Waals surface area contributed by atoms with Gasteiger partial charge in [-0.25, -0.2) is 0 Å². The van der Waals surface area contributed by atoms with E-state index in [9.17, 15) is 19.0 Å². The first-order valence-corrected chi connectivity index (χ1v) is 33.7. The summed E-state index contributed by atoms with van der Waals surface area (Å²) in [5.74, 6) is -0.549. The van der Waals surface area contributed by atoms with Crippen molar-refractivity contribution in [1.29, 1.82) is 0 Å². The second-order valence-electron chi connectivity index (χ2n) is 22.9. The lowest BCUT2D eigenvalue weighted by Crippen LogP contribution is -2.47. The fourth-order valence-electron chi connectivity index (χ4n) is 9.16. The Morgan fingerprint density at radius 1 is 0.468 bits per heavy atom. The second-order valence-corrected chi connectivity index (χ2v) is 24.3. The number of phosphoric ester groups is 1. The molecule has 0 heterocycles. The summed E-state index contributed by atoms with van der Waals surface area (Å²) in [7, 11) is 1.18. The van der Waals surface area contributed by atoms with Crippen molar-refractivity contribution in [3.8, 4) is 0 Å². The Bertz CT molecular complexity index is 1550. The maximum atomic E-state index is 13.5. The van der Waals surface area contributed by atoms with Crippen molar-refractivity contribution in [3.63, 3.8) is 0 Å². The number of unbranched alkanes of at least 4 members (excludes halogenated alkanes) is 32. The summed E-state index contributed by atoms with van der Waals surface area (Å²) in [5.41, 5.74) is 0. The molecule has 0 aliphatic heterocycles. The van der Waals surface area contributed by atoms with Crippen LogP contribution in [0.3, 0.4) is 0 Å². The summed E-state index contributed by atoms with van der Waals surface area (Å²) < 4.78 is 30.3. The molecule has 3 atom stereocenters. The van der Waals surface area contributed by atoms with Gasteiger partial charge in [-0.3, -0.25) is 14.2 Å². The fourth-order valence-corrected chi connectivity index (χ4v) is 9.88. The number of ether oxygens (including phenoxy) is 1. The van der Waals surface area contributed by atoms with Gasteiger partial charge in [0.05, 0.1) is 33.8 Å². The minimum atomic E-state index is -4.70. The second kappa shape index (κ2) is 56.7. The van der Waals surface area contributed by atoms with Crippen LogP contribution in [0.1, 0.15) is 290 Å². The predicted molar refractivity (Wildman–Crippen MR) is 330 cm³/mol. The molecular formula is C67H123N2O7P. The number of likely N-dealkylation sites (N-methyl/N-ethyl adjacent to an activating group) is 1. The number of rotatable bonds is 58. The zero-order chi connectivity index (χ0) is 56.4. The van der Waals surface area contributed by atoms with Crippen LogP contribution >= 0.6 is 7.82 Å². The molecule has 0 aromatic rings. The number of nitrogens with zero attached hydrogens (tertiary/aromatic N) is 1. The monoisotopic (exact) mass is 1100 g/mol. The molecule has 1 N–H and O–H groups in total. The minimum absolute atomic E-state index is 0.0258. The van der Waals surface area contributed by atoms with Crippen molar-refractivity contribution in [2.24, 2.45) is 0 Å². The van der Waals surface area contributed by atoms with Crippen LogP contribution in [0.2, 0.25) is 0 Å². The van der Waals surface area contributed by atoms with Gasteiger partial charge in [-0.05, 0) is 96.0 Å². The summed E-state index contributed by atoms with van der Waals surface area (Å²) in [6, 6.07) is -0.895. The molecule has 0 aromatic carbocycles. The Morgan fingerprint density at radius 2 is 0.831 bits per heavy atom. The van der Waals surface area contributed by atoms with Crippen molar-refractivity contribution in [2.45, 2.75) is 303 Å². The minimum Gasteiger partial charge on any atom is -0.756 e. The Labute approximate surface area is 476 Å². The first-order valence-electron chi connectivity index (χ1n) is 32.2. The van der Waals surface area contributed by atoms with Gasteiger partial charge in [-0.15, -0.1) is 0 Å². The molecule has 0 aliphatic carbocycles. The van der Waals surface area contributed by atoms with E-state index >= 15 is 0 Å². The molecule has 3 unspecified atom stereocenters. The van der Waals surface area contributed by atoms with E-state index in [1.54, 1.807) is 0 Å². The summed E-state index contributed by atoms with van der Waals surface area (Å²) in [6.45, 7) is 6.71. The van der Waals surface area contributed by atoms with Gasteiger partial charge in [0.15, 0.2) is 0 Å².